The molecule has 0 aliphatic rings. The monoisotopic (exact) mass is 372 g/mol. The Morgan fingerprint density at radius 2 is 1.92 bits per heavy atom. The summed E-state index contributed by atoms with van der Waals surface area (Å²) in [5, 5.41) is 11.7. The molecule has 1 aromatic rings. The van der Waals surface area contributed by atoms with Crippen LogP contribution in [0.2, 0.25) is 0 Å². The number of rotatable bonds is 8. The van der Waals surface area contributed by atoms with E-state index in [1.807, 2.05) is 0 Å². The zero-order valence-electron chi connectivity index (χ0n) is 14.9. The second-order valence-electron chi connectivity index (χ2n) is 6.09. The van der Waals surface area contributed by atoms with Crippen LogP contribution in [0.4, 0.5) is 0 Å². The Morgan fingerprint density at radius 1 is 1.32 bits per heavy atom. The summed E-state index contributed by atoms with van der Waals surface area (Å²) < 4.78 is 32.3. The lowest BCUT2D eigenvalue weighted by atomic mass is 9.98. The number of hydrogen-bond acceptors (Lipinski definition) is 5. The second-order valence-corrected chi connectivity index (χ2v) is 7.77. The number of benzene rings is 1. The first-order valence-corrected chi connectivity index (χ1v) is 9.21. The zero-order chi connectivity index (χ0) is 19.4. The van der Waals surface area contributed by atoms with E-state index in [1.54, 1.807) is 20.8 Å². The molecule has 140 valence electrons. The summed E-state index contributed by atoms with van der Waals surface area (Å²) in [4.78, 5) is 23.5. The van der Waals surface area contributed by atoms with Crippen molar-refractivity contribution in [3.05, 3.63) is 23.8 Å². The molecule has 0 radical (unpaired) electrons. The summed E-state index contributed by atoms with van der Waals surface area (Å²) in [5.74, 6) is -1.78. The maximum atomic E-state index is 12.4. The van der Waals surface area contributed by atoms with E-state index >= 15 is 0 Å². The Labute approximate surface area is 147 Å². The van der Waals surface area contributed by atoms with E-state index in [1.165, 1.54) is 26.2 Å². The first-order valence-electron chi connectivity index (χ1n) is 7.73. The number of carbonyl (C=O) groups excluding carboxylic acids is 1. The van der Waals surface area contributed by atoms with Crippen LogP contribution in [0.5, 0.6) is 5.75 Å². The van der Waals surface area contributed by atoms with Gasteiger partial charge in [0.2, 0.25) is 10.0 Å². The zero-order valence-corrected chi connectivity index (χ0v) is 15.7. The minimum Gasteiger partial charge on any atom is -0.495 e. The highest BCUT2D eigenvalue weighted by Gasteiger charge is 2.33. The smallest absolute Gasteiger partial charge is 0.329 e. The van der Waals surface area contributed by atoms with E-state index in [0.717, 1.165) is 6.07 Å². The van der Waals surface area contributed by atoms with E-state index in [4.69, 9.17) is 4.74 Å². The molecule has 1 amide bonds. The fourth-order valence-corrected chi connectivity index (χ4v) is 3.46. The molecule has 1 rings (SSSR count). The van der Waals surface area contributed by atoms with Crippen LogP contribution in [-0.2, 0) is 14.8 Å². The molecule has 0 saturated heterocycles. The van der Waals surface area contributed by atoms with Crippen LogP contribution < -0.4 is 14.8 Å². The molecule has 1 atom stereocenters. The van der Waals surface area contributed by atoms with Crippen molar-refractivity contribution in [2.45, 2.75) is 50.6 Å². The van der Waals surface area contributed by atoms with Crippen molar-refractivity contribution in [3.63, 3.8) is 0 Å². The van der Waals surface area contributed by atoms with E-state index in [2.05, 4.69) is 10.0 Å². The van der Waals surface area contributed by atoms with Crippen LogP contribution in [0.25, 0.3) is 0 Å². The molecule has 0 fully saturated rings. The third-order valence-corrected chi connectivity index (χ3v) is 5.35. The molecule has 0 heterocycles. The Kier molecular flexibility index (Phi) is 6.55. The van der Waals surface area contributed by atoms with Gasteiger partial charge in [-0.3, -0.25) is 4.79 Å². The predicted molar refractivity (Wildman–Crippen MR) is 92.2 cm³/mol. The lowest BCUT2D eigenvalue weighted by Gasteiger charge is -2.24. The van der Waals surface area contributed by atoms with Gasteiger partial charge in [-0.15, -0.1) is 0 Å². The molecule has 25 heavy (non-hydrogen) atoms. The van der Waals surface area contributed by atoms with Gasteiger partial charge in [0.15, 0.2) is 0 Å². The SMILES string of the molecule is CCC(C)(NC(=O)c1ccc(OC)c(S(=O)(=O)NC(C)C)c1)C(=O)O. The van der Waals surface area contributed by atoms with Gasteiger partial charge < -0.3 is 15.2 Å². The number of carboxylic acid groups (broad SMARTS) is 1. The molecule has 3 N–H and O–H groups in total. The average molecular weight is 372 g/mol. The predicted octanol–water partition coefficient (Wildman–Crippen LogP) is 1.36. The summed E-state index contributed by atoms with van der Waals surface area (Å²) in [6.45, 7) is 6.35. The van der Waals surface area contributed by atoms with Gasteiger partial charge in [0.1, 0.15) is 16.2 Å². The van der Waals surface area contributed by atoms with Crippen LogP contribution in [0, 0.1) is 0 Å². The van der Waals surface area contributed by atoms with Crippen molar-refractivity contribution >= 4 is 21.9 Å². The van der Waals surface area contributed by atoms with Gasteiger partial charge in [-0.25, -0.2) is 17.9 Å². The standard InChI is InChI=1S/C16H24N2O6S/c1-6-16(4,15(20)21)17-14(19)11-7-8-12(24-5)13(9-11)25(22,23)18-10(2)3/h7-10,18H,6H2,1-5H3,(H,17,19)(H,20,21). The summed E-state index contributed by atoms with van der Waals surface area (Å²) in [6.07, 6.45) is 0.171. The quantitative estimate of drug-likeness (QED) is 0.633. The molecule has 0 aliphatic heterocycles. The third-order valence-electron chi connectivity index (χ3n) is 3.67. The molecule has 0 aliphatic carbocycles. The molecule has 8 nitrogen and oxygen atoms in total. The van der Waals surface area contributed by atoms with Crippen molar-refractivity contribution in [1.82, 2.24) is 10.0 Å². The minimum absolute atomic E-state index is 0.0193. The van der Waals surface area contributed by atoms with E-state index in [-0.39, 0.29) is 28.7 Å². The van der Waals surface area contributed by atoms with E-state index in [9.17, 15) is 23.1 Å². The highest BCUT2D eigenvalue weighted by atomic mass is 32.2. The van der Waals surface area contributed by atoms with Crippen molar-refractivity contribution in [3.8, 4) is 5.75 Å². The Hall–Kier alpha value is -2.13. The number of nitrogens with one attached hydrogen (secondary N) is 2. The number of hydrogen-bond donors (Lipinski definition) is 3. The number of aliphatic carboxylic acids is 1. The molecule has 0 saturated carbocycles. The van der Waals surface area contributed by atoms with Crippen molar-refractivity contribution in [2.24, 2.45) is 0 Å². The van der Waals surface area contributed by atoms with Gasteiger partial charge in [-0.2, -0.15) is 0 Å². The fourth-order valence-electron chi connectivity index (χ4n) is 2.02. The average Bonchev–Trinajstić information content (AvgIpc) is 2.52. The Balaban J connectivity index is 3.30. The summed E-state index contributed by atoms with van der Waals surface area (Å²) in [5.41, 5.74) is -1.43. The van der Waals surface area contributed by atoms with Crippen molar-refractivity contribution in [2.75, 3.05) is 7.11 Å². The Bertz CT molecular complexity index is 760. The van der Waals surface area contributed by atoms with Crippen molar-refractivity contribution < 1.29 is 27.9 Å². The van der Waals surface area contributed by atoms with Crippen LogP contribution in [0.1, 0.15) is 44.5 Å². The number of methoxy groups -OCH3 is 1. The molecular formula is C16H24N2O6S. The van der Waals surface area contributed by atoms with Gasteiger partial charge in [-0.1, -0.05) is 6.92 Å². The van der Waals surface area contributed by atoms with Gasteiger partial charge in [0, 0.05) is 11.6 Å². The number of amides is 1. The van der Waals surface area contributed by atoms with Gasteiger partial charge in [0.25, 0.3) is 5.91 Å². The minimum atomic E-state index is -3.90. The molecule has 1 unspecified atom stereocenters. The highest BCUT2D eigenvalue weighted by Crippen LogP contribution is 2.25. The van der Waals surface area contributed by atoms with Crippen molar-refractivity contribution in [1.29, 1.82) is 0 Å². The summed E-state index contributed by atoms with van der Waals surface area (Å²) in [6, 6.07) is 3.55. The van der Waals surface area contributed by atoms with Crippen LogP contribution in [-0.4, -0.2) is 44.1 Å². The van der Waals surface area contributed by atoms with Gasteiger partial charge in [0.05, 0.1) is 7.11 Å². The molecule has 9 heteroatoms. The first-order chi connectivity index (χ1) is 11.5. The molecule has 1 aromatic carbocycles. The highest BCUT2D eigenvalue weighted by molar-refractivity contribution is 7.89. The van der Waals surface area contributed by atoms with Gasteiger partial charge >= 0.3 is 5.97 Å². The maximum Gasteiger partial charge on any atom is 0.329 e. The molecule has 0 spiro atoms. The molecular weight excluding hydrogens is 348 g/mol. The summed E-state index contributed by atoms with van der Waals surface area (Å²) in [7, 11) is -2.57. The topological polar surface area (TPSA) is 122 Å². The van der Waals surface area contributed by atoms with E-state index in [0.29, 0.717) is 0 Å². The first kappa shape index (κ1) is 20.9. The van der Waals surface area contributed by atoms with Crippen LogP contribution in [0.3, 0.4) is 0 Å². The van der Waals surface area contributed by atoms with Crippen LogP contribution >= 0.6 is 0 Å². The lowest BCUT2D eigenvalue weighted by molar-refractivity contribution is -0.143. The molecule has 0 aromatic heterocycles. The molecule has 0 bridgehead atoms. The number of sulfonamides is 1. The van der Waals surface area contributed by atoms with E-state index < -0.39 is 27.4 Å². The fraction of sp³-hybridized carbons (Fsp3) is 0.500. The largest absolute Gasteiger partial charge is 0.495 e. The Morgan fingerprint density at radius 3 is 2.36 bits per heavy atom. The summed E-state index contributed by atoms with van der Waals surface area (Å²) >= 11 is 0. The maximum absolute atomic E-state index is 12.4. The number of ether oxygens (including phenoxy) is 1. The second kappa shape index (κ2) is 7.83. The lowest BCUT2D eigenvalue weighted by Crippen LogP contribution is -2.51. The number of carbonyl (C=O) groups is 2. The normalized spacial score (nSPS) is 14.0. The van der Waals surface area contributed by atoms with Crippen LogP contribution in [0.15, 0.2) is 23.1 Å². The van der Waals surface area contributed by atoms with Gasteiger partial charge in [-0.05, 0) is 45.4 Å². The third kappa shape index (κ3) is 4.93. The number of carboxylic acids is 1.